The highest BCUT2D eigenvalue weighted by molar-refractivity contribution is 7.14. The number of rotatable bonds is 5. The first-order valence-electron chi connectivity index (χ1n) is 10.2. The molecule has 1 aliphatic rings. The number of carbonyl (C=O) groups excluding carboxylic acids is 1. The largest absolute Gasteiger partial charge is 0.477 e. The summed E-state index contributed by atoms with van der Waals surface area (Å²) in [4.78, 5) is 21.4. The summed E-state index contributed by atoms with van der Waals surface area (Å²) in [5.41, 5.74) is 8.77. The maximum atomic E-state index is 11.8. The summed E-state index contributed by atoms with van der Waals surface area (Å²) >= 11 is 1.23. The average Bonchev–Trinajstić information content (AvgIpc) is 3.08. The number of amides is 1. The minimum atomic E-state index is -0.475. The molecule has 3 heterocycles. The first-order chi connectivity index (χ1) is 15.2. The van der Waals surface area contributed by atoms with Crippen LogP contribution in [0, 0.1) is 0 Å². The van der Waals surface area contributed by atoms with Crippen LogP contribution in [0.3, 0.4) is 0 Å². The Kier molecular flexibility index (Phi) is 5.21. The maximum Gasteiger partial charge on any atom is 0.250 e. The Labute approximate surface area is 183 Å². The van der Waals surface area contributed by atoms with E-state index in [4.69, 9.17) is 20.4 Å². The highest BCUT2D eigenvalue weighted by atomic mass is 32.1. The van der Waals surface area contributed by atoms with E-state index in [1.165, 1.54) is 11.5 Å². The molecule has 2 aromatic carbocycles. The molecule has 5 rings (SSSR count). The number of hydrogen-bond donors (Lipinski definition) is 2. The van der Waals surface area contributed by atoms with Crippen molar-refractivity contribution in [2.24, 2.45) is 5.73 Å². The van der Waals surface area contributed by atoms with E-state index in [1.807, 2.05) is 24.3 Å². The zero-order valence-corrected chi connectivity index (χ0v) is 17.6. The zero-order chi connectivity index (χ0) is 21.2. The Bertz CT molecular complexity index is 1260. The van der Waals surface area contributed by atoms with Crippen molar-refractivity contribution in [2.45, 2.75) is 25.8 Å². The van der Waals surface area contributed by atoms with E-state index < -0.39 is 5.91 Å². The van der Waals surface area contributed by atoms with Gasteiger partial charge >= 0.3 is 0 Å². The topological polar surface area (TPSA) is 103 Å². The molecule has 0 radical (unpaired) electrons. The second-order valence-electron chi connectivity index (χ2n) is 7.40. The Morgan fingerprint density at radius 3 is 2.81 bits per heavy atom. The molecule has 0 aliphatic carbocycles. The van der Waals surface area contributed by atoms with Gasteiger partial charge < -0.3 is 15.8 Å². The van der Waals surface area contributed by atoms with Crippen LogP contribution in [0.15, 0.2) is 48.5 Å². The van der Waals surface area contributed by atoms with Crippen LogP contribution in [-0.4, -0.2) is 26.9 Å². The van der Waals surface area contributed by atoms with Crippen molar-refractivity contribution < 1.29 is 9.53 Å². The van der Waals surface area contributed by atoms with Gasteiger partial charge in [0.05, 0.1) is 22.4 Å². The highest BCUT2D eigenvalue weighted by Gasteiger charge is 2.22. The standard InChI is InChI=1S/C23H21N5O2S/c24-20(29)16-11-6-10-15-18(28-31-19(15)16)22-26-21(25-13-14-7-2-1-3-8-14)17-9-4-5-12-30-23(17)27-22/h1-3,6-8,10-11H,4-5,9,12-13H2,(H2,24,29)(H,25,26,27). The first kappa shape index (κ1) is 19.4. The molecule has 156 valence electrons. The summed E-state index contributed by atoms with van der Waals surface area (Å²) < 4.78 is 11.3. The predicted octanol–water partition coefficient (Wildman–Crippen LogP) is 4.18. The number of fused-ring (bicyclic) bond motifs is 2. The van der Waals surface area contributed by atoms with E-state index in [2.05, 4.69) is 21.8 Å². The number of anilines is 1. The molecule has 0 bridgehead atoms. The SMILES string of the molecule is NC(=O)c1cccc2c(-c3nc(NCc4ccccc4)c4c(n3)OCCCC4)nsc12. The molecule has 2 aromatic heterocycles. The predicted molar refractivity (Wildman–Crippen MR) is 121 cm³/mol. The molecule has 0 saturated carbocycles. The second kappa shape index (κ2) is 8.31. The van der Waals surface area contributed by atoms with Crippen LogP contribution in [0.2, 0.25) is 0 Å². The molecule has 3 N–H and O–H groups in total. The molecular formula is C23H21N5O2S. The lowest BCUT2D eigenvalue weighted by molar-refractivity contribution is 0.100. The monoisotopic (exact) mass is 431 g/mol. The van der Waals surface area contributed by atoms with Gasteiger partial charge in [0.25, 0.3) is 0 Å². The molecule has 1 aliphatic heterocycles. The molecule has 0 unspecified atom stereocenters. The van der Waals surface area contributed by atoms with Crippen LogP contribution in [-0.2, 0) is 13.0 Å². The van der Waals surface area contributed by atoms with E-state index in [1.54, 1.807) is 12.1 Å². The maximum absolute atomic E-state index is 11.8. The van der Waals surface area contributed by atoms with Crippen molar-refractivity contribution in [1.82, 2.24) is 14.3 Å². The number of benzene rings is 2. The van der Waals surface area contributed by atoms with Gasteiger partial charge in [-0.05, 0) is 42.4 Å². The third-order valence-corrected chi connectivity index (χ3v) is 6.20. The van der Waals surface area contributed by atoms with Crippen molar-refractivity contribution in [3.8, 4) is 17.4 Å². The van der Waals surface area contributed by atoms with Crippen LogP contribution in [0.5, 0.6) is 5.88 Å². The summed E-state index contributed by atoms with van der Waals surface area (Å²) in [6, 6.07) is 15.6. The van der Waals surface area contributed by atoms with Crippen LogP contribution >= 0.6 is 11.5 Å². The molecule has 0 atom stereocenters. The lowest BCUT2D eigenvalue weighted by Gasteiger charge is -2.14. The van der Waals surface area contributed by atoms with Gasteiger partial charge in [0.2, 0.25) is 11.8 Å². The van der Waals surface area contributed by atoms with Gasteiger partial charge in [0.15, 0.2) is 5.82 Å². The lowest BCUT2D eigenvalue weighted by Crippen LogP contribution is -2.10. The lowest BCUT2D eigenvalue weighted by atomic mass is 10.1. The van der Waals surface area contributed by atoms with Crippen molar-refractivity contribution in [3.63, 3.8) is 0 Å². The van der Waals surface area contributed by atoms with E-state index in [9.17, 15) is 4.79 Å². The molecule has 31 heavy (non-hydrogen) atoms. The van der Waals surface area contributed by atoms with Crippen molar-refractivity contribution in [2.75, 3.05) is 11.9 Å². The van der Waals surface area contributed by atoms with Crippen LogP contribution in [0.1, 0.15) is 34.3 Å². The number of nitrogens with two attached hydrogens (primary N) is 1. The Hall–Kier alpha value is -3.52. The number of ether oxygens (including phenoxy) is 1. The minimum absolute atomic E-state index is 0.453. The average molecular weight is 432 g/mol. The van der Waals surface area contributed by atoms with Gasteiger partial charge in [-0.3, -0.25) is 4.79 Å². The minimum Gasteiger partial charge on any atom is -0.477 e. The van der Waals surface area contributed by atoms with E-state index in [0.29, 0.717) is 36.1 Å². The smallest absolute Gasteiger partial charge is 0.250 e. The molecule has 0 saturated heterocycles. The fourth-order valence-corrected chi connectivity index (χ4v) is 4.62. The van der Waals surface area contributed by atoms with Gasteiger partial charge in [0, 0.05) is 11.9 Å². The van der Waals surface area contributed by atoms with Gasteiger partial charge in [-0.1, -0.05) is 42.5 Å². The summed E-state index contributed by atoms with van der Waals surface area (Å²) in [5.74, 6) is 1.37. The molecule has 0 spiro atoms. The summed E-state index contributed by atoms with van der Waals surface area (Å²) in [7, 11) is 0. The third kappa shape index (κ3) is 3.82. The number of nitrogens with zero attached hydrogens (tertiary/aromatic N) is 3. The Morgan fingerprint density at radius 2 is 1.97 bits per heavy atom. The molecule has 4 aromatic rings. The van der Waals surface area contributed by atoms with Crippen LogP contribution in [0.4, 0.5) is 5.82 Å². The first-order valence-corrected chi connectivity index (χ1v) is 11.0. The normalized spacial score (nSPS) is 13.3. The number of hydrogen-bond acceptors (Lipinski definition) is 7. The van der Waals surface area contributed by atoms with E-state index >= 15 is 0 Å². The molecule has 0 fully saturated rings. The summed E-state index contributed by atoms with van der Waals surface area (Å²) in [5, 5.41) is 4.28. The molecular weight excluding hydrogens is 410 g/mol. The zero-order valence-electron chi connectivity index (χ0n) is 16.8. The van der Waals surface area contributed by atoms with E-state index in [-0.39, 0.29) is 0 Å². The summed E-state index contributed by atoms with van der Waals surface area (Å²) in [6.07, 6.45) is 2.86. The number of nitrogens with one attached hydrogen (secondary N) is 1. The summed E-state index contributed by atoms with van der Waals surface area (Å²) in [6.45, 7) is 1.28. The van der Waals surface area contributed by atoms with Crippen LogP contribution < -0.4 is 15.8 Å². The molecule has 7 nitrogen and oxygen atoms in total. The van der Waals surface area contributed by atoms with Crippen molar-refractivity contribution >= 4 is 33.3 Å². The van der Waals surface area contributed by atoms with Crippen molar-refractivity contribution in [1.29, 1.82) is 0 Å². The number of carbonyl (C=O) groups is 1. The fraction of sp³-hybridized carbons (Fsp3) is 0.217. The Morgan fingerprint density at radius 1 is 1.10 bits per heavy atom. The van der Waals surface area contributed by atoms with Gasteiger partial charge in [-0.25, -0.2) is 4.98 Å². The third-order valence-electron chi connectivity index (χ3n) is 5.31. The Balaban J connectivity index is 1.59. The van der Waals surface area contributed by atoms with Gasteiger partial charge in [0.1, 0.15) is 11.5 Å². The quantitative estimate of drug-likeness (QED) is 0.491. The van der Waals surface area contributed by atoms with Gasteiger partial charge in [-0.2, -0.15) is 9.36 Å². The van der Waals surface area contributed by atoms with Crippen LogP contribution in [0.25, 0.3) is 21.6 Å². The van der Waals surface area contributed by atoms with Crippen molar-refractivity contribution in [3.05, 3.63) is 65.2 Å². The molecule has 8 heteroatoms. The molecule has 1 amide bonds. The van der Waals surface area contributed by atoms with Gasteiger partial charge in [-0.15, -0.1) is 0 Å². The number of aromatic nitrogens is 3. The van der Waals surface area contributed by atoms with E-state index in [0.717, 1.165) is 46.3 Å². The second-order valence-corrected chi connectivity index (χ2v) is 8.18. The highest BCUT2D eigenvalue weighted by Crippen LogP contribution is 2.35. The number of primary amides is 1. The fourth-order valence-electron chi connectivity index (χ4n) is 3.73.